The molecule has 1 saturated heterocycles. The lowest BCUT2D eigenvalue weighted by Gasteiger charge is -2.44. The summed E-state index contributed by atoms with van der Waals surface area (Å²) >= 11 is 0. The smallest absolute Gasteiger partial charge is 0.420 e. The van der Waals surface area contributed by atoms with Crippen molar-refractivity contribution in [3.8, 4) is 0 Å². The Balaban J connectivity index is 2.36. The Hall–Kier alpha value is -2.11. The highest BCUT2D eigenvalue weighted by molar-refractivity contribution is 6.04. The van der Waals surface area contributed by atoms with Crippen LogP contribution >= 0.6 is 0 Å². The predicted molar refractivity (Wildman–Crippen MR) is 51.4 cm³/mol. The molecule has 1 heterocycles. The molecule has 1 amide bonds. The van der Waals surface area contributed by atoms with E-state index in [0.29, 0.717) is 0 Å². The lowest BCUT2D eigenvalue weighted by atomic mass is 10.1. The molecule has 1 aliphatic heterocycles. The van der Waals surface area contributed by atoms with Crippen LogP contribution in [-0.4, -0.2) is 22.9 Å². The Bertz CT molecular complexity index is 458. The number of carboxylic acids is 1. The van der Waals surface area contributed by atoms with E-state index < -0.39 is 23.6 Å². The number of carbonyl (C=O) groups excluding carboxylic acids is 1. The minimum Gasteiger partial charge on any atom is -0.477 e. The van der Waals surface area contributed by atoms with E-state index >= 15 is 0 Å². The maximum Gasteiger partial charge on any atom is 0.420 e. The van der Waals surface area contributed by atoms with E-state index in [0.717, 1.165) is 17.0 Å². The van der Waals surface area contributed by atoms with Crippen LogP contribution in [0, 0.1) is 5.82 Å². The molecular weight excluding hydrogens is 217 g/mol. The van der Waals surface area contributed by atoms with E-state index in [1.807, 2.05) is 0 Å². The fourth-order valence-electron chi connectivity index (χ4n) is 1.48. The number of anilines is 1. The number of hydrogen-bond acceptors (Lipinski definition) is 3. The summed E-state index contributed by atoms with van der Waals surface area (Å²) in [4.78, 5) is 23.0. The highest BCUT2D eigenvalue weighted by atomic mass is 19.1. The van der Waals surface area contributed by atoms with Gasteiger partial charge in [0, 0.05) is 6.92 Å². The molecule has 2 rings (SSSR count). The second-order valence-electron chi connectivity index (χ2n) is 3.47. The minimum absolute atomic E-state index is 0.280. The number of amides is 1. The van der Waals surface area contributed by atoms with Crippen molar-refractivity contribution in [3.63, 3.8) is 0 Å². The second-order valence-corrected chi connectivity index (χ2v) is 3.47. The van der Waals surface area contributed by atoms with Crippen molar-refractivity contribution in [2.24, 2.45) is 0 Å². The highest BCUT2D eigenvalue weighted by Gasteiger charge is 2.57. The average molecular weight is 225 g/mol. The first-order valence-corrected chi connectivity index (χ1v) is 4.47. The number of nitrogens with zero attached hydrogens (tertiary/aromatic N) is 1. The Labute approximate surface area is 90.0 Å². The standard InChI is InChI=1S/C10H8FNO4/c1-10(8(13)14)12(9(15)16-10)7-4-2-6(11)3-5-7/h2-5H,1H3,(H,13,14)/t10-/m1/s1. The van der Waals surface area contributed by atoms with Crippen LogP contribution in [0.5, 0.6) is 0 Å². The Morgan fingerprint density at radius 1 is 1.44 bits per heavy atom. The maximum atomic E-state index is 12.7. The summed E-state index contributed by atoms with van der Waals surface area (Å²) in [6.45, 7) is 1.25. The molecule has 16 heavy (non-hydrogen) atoms. The molecule has 6 heteroatoms. The first kappa shape index (κ1) is 10.4. The topological polar surface area (TPSA) is 66.8 Å². The van der Waals surface area contributed by atoms with Crippen LogP contribution in [0.15, 0.2) is 24.3 Å². The monoisotopic (exact) mass is 225 g/mol. The third-order valence-electron chi connectivity index (χ3n) is 2.38. The molecule has 0 aliphatic carbocycles. The zero-order valence-corrected chi connectivity index (χ0v) is 8.31. The average Bonchev–Trinajstić information content (AvgIpc) is 2.20. The number of benzene rings is 1. The van der Waals surface area contributed by atoms with Gasteiger partial charge in [0.25, 0.3) is 5.72 Å². The lowest BCUT2D eigenvalue weighted by Crippen LogP contribution is -2.68. The van der Waals surface area contributed by atoms with E-state index in [9.17, 15) is 14.0 Å². The fourth-order valence-corrected chi connectivity index (χ4v) is 1.48. The summed E-state index contributed by atoms with van der Waals surface area (Å²) < 4.78 is 17.2. The lowest BCUT2D eigenvalue weighted by molar-refractivity contribution is -0.163. The number of aliphatic carboxylic acids is 1. The van der Waals surface area contributed by atoms with Crippen LogP contribution in [0.3, 0.4) is 0 Å². The van der Waals surface area contributed by atoms with Crippen molar-refractivity contribution >= 4 is 17.7 Å². The Morgan fingerprint density at radius 3 is 2.44 bits per heavy atom. The normalized spacial score (nSPS) is 23.6. The largest absolute Gasteiger partial charge is 0.477 e. The van der Waals surface area contributed by atoms with Crippen molar-refractivity contribution < 1.29 is 23.8 Å². The number of rotatable bonds is 2. The van der Waals surface area contributed by atoms with Crippen LogP contribution in [0.2, 0.25) is 0 Å². The SMILES string of the molecule is C[C@]1(C(=O)O)OC(=O)N1c1ccc(F)cc1. The van der Waals surface area contributed by atoms with Gasteiger partial charge in [-0.05, 0) is 24.3 Å². The zero-order valence-electron chi connectivity index (χ0n) is 8.31. The number of hydrogen-bond donors (Lipinski definition) is 1. The van der Waals surface area contributed by atoms with Gasteiger partial charge in [-0.1, -0.05) is 0 Å². The third-order valence-corrected chi connectivity index (χ3v) is 2.38. The molecule has 1 N–H and O–H groups in total. The number of halogens is 1. The molecule has 0 saturated carbocycles. The molecule has 1 aliphatic rings. The minimum atomic E-state index is -1.71. The summed E-state index contributed by atoms with van der Waals surface area (Å²) in [7, 11) is 0. The van der Waals surface area contributed by atoms with Crippen LogP contribution < -0.4 is 4.90 Å². The van der Waals surface area contributed by atoms with Crippen molar-refractivity contribution in [2.75, 3.05) is 4.90 Å². The van der Waals surface area contributed by atoms with Crippen LogP contribution in [0.25, 0.3) is 0 Å². The first-order valence-electron chi connectivity index (χ1n) is 4.47. The van der Waals surface area contributed by atoms with E-state index in [1.54, 1.807) is 0 Å². The number of carboxylic acid groups (broad SMARTS) is 1. The zero-order chi connectivity index (χ0) is 11.9. The number of ether oxygens (including phenoxy) is 1. The van der Waals surface area contributed by atoms with Crippen LogP contribution in [-0.2, 0) is 9.53 Å². The summed E-state index contributed by atoms with van der Waals surface area (Å²) in [6.07, 6.45) is -0.767. The van der Waals surface area contributed by atoms with Gasteiger partial charge in [0.1, 0.15) is 5.82 Å². The van der Waals surface area contributed by atoms with E-state index in [-0.39, 0.29) is 5.69 Å². The molecule has 0 bridgehead atoms. The van der Waals surface area contributed by atoms with Gasteiger partial charge < -0.3 is 9.84 Å². The van der Waals surface area contributed by atoms with Crippen molar-refractivity contribution in [1.29, 1.82) is 0 Å². The molecule has 1 atom stereocenters. The van der Waals surface area contributed by atoms with Gasteiger partial charge in [0.15, 0.2) is 0 Å². The molecule has 1 fully saturated rings. The van der Waals surface area contributed by atoms with Gasteiger partial charge in [-0.2, -0.15) is 0 Å². The summed E-state index contributed by atoms with van der Waals surface area (Å²) in [5.41, 5.74) is -1.43. The van der Waals surface area contributed by atoms with Crippen LogP contribution in [0.4, 0.5) is 14.9 Å². The summed E-state index contributed by atoms with van der Waals surface area (Å²) in [5.74, 6) is -1.74. The molecule has 0 unspecified atom stereocenters. The molecule has 0 aromatic heterocycles. The van der Waals surface area contributed by atoms with Gasteiger partial charge in [-0.15, -0.1) is 0 Å². The quantitative estimate of drug-likeness (QED) is 0.829. The number of cyclic esters (lactones) is 1. The maximum absolute atomic E-state index is 12.7. The van der Waals surface area contributed by atoms with Crippen LogP contribution in [0.1, 0.15) is 6.92 Å². The van der Waals surface area contributed by atoms with E-state index in [4.69, 9.17) is 5.11 Å². The van der Waals surface area contributed by atoms with E-state index in [1.165, 1.54) is 19.1 Å². The molecule has 0 spiro atoms. The summed E-state index contributed by atoms with van der Waals surface area (Å²) in [5, 5.41) is 8.90. The van der Waals surface area contributed by atoms with Gasteiger partial charge in [-0.25, -0.2) is 18.9 Å². The second kappa shape index (κ2) is 3.19. The molecule has 1 aromatic rings. The van der Waals surface area contributed by atoms with Gasteiger partial charge in [-0.3, -0.25) is 0 Å². The molecule has 1 aromatic carbocycles. The molecular formula is C10H8FNO4. The fraction of sp³-hybridized carbons (Fsp3) is 0.200. The Morgan fingerprint density at radius 2 is 2.00 bits per heavy atom. The van der Waals surface area contributed by atoms with Gasteiger partial charge >= 0.3 is 12.1 Å². The van der Waals surface area contributed by atoms with Gasteiger partial charge in [0.05, 0.1) is 5.69 Å². The van der Waals surface area contributed by atoms with Crippen molar-refractivity contribution in [3.05, 3.63) is 30.1 Å². The highest BCUT2D eigenvalue weighted by Crippen LogP contribution is 2.35. The molecule has 84 valence electrons. The molecule has 5 nitrogen and oxygen atoms in total. The third kappa shape index (κ3) is 1.30. The van der Waals surface area contributed by atoms with Crippen molar-refractivity contribution in [1.82, 2.24) is 0 Å². The predicted octanol–water partition coefficient (Wildman–Crippen LogP) is 1.58. The van der Waals surface area contributed by atoms with Gasteiger partial charge in [0.2, 0.25) is 0 Å². The summed E-state index contributed by atoms with van der Waals surface area (Å²) in [6, 6.07) is 4.92. The first-order chi connectivity index (χ1) is 7.45. The Kier molecular flexibility index (Phi) is 2.08. The molecule has 0 radical (unpaired) electrons. The number of carbonyl (C=O) groups is 2. The van der Waals surface area contributed by atoms with E-state index in [2.05, 4.69) is 4.74 Å². The van der Waals surface area contributed by atoms with Crippen molar-refractivity contribution in [2.45, 2.75) is 12.6 Å².